The minimum Gasteiger partial charge on any atom is -0.299 e. The summed E-state index contributed by atoms with van der Waals surface area (Å²) in [6, 6.07) is 0. The molecule has 2 aliphatic carbocycles. The third-order valence-electron chi connectivity index (χ3n) is 4.36. The van der Waals surface area contributed by atoms with E-state index in [4.69, 9.17) is 0 Å². The number of hydrogen-bond donors (Lipinski definition) is 0. The second-order valence-corrected chi connectivity index (χ2v) is 6.01. The first-order valence-electron chi connectivity index (χ1n) is 6.19. The predicted octanol–water partition coefficient (Wildman–Crippen LogP) is 3.74. The van der Waals surface area contributed by atoms with E-state index < -0.39 is 0 Å². The highest BCUT2D eigenvalue weighted by Gasteiger charge is 2.49. The highest BCUT2D eigenvalue weighted by atomic mass is 16.1. The van der Waals surface area contributed by atoms with Crippen molar-refractivity contribution in [3.63, 3.8) is 0 Å². The van der Waals surface area contributed by atoms with Crippen LogP contribution in [0.4, 0.5) is 0 Å². The molecule has 1 fully saturated rings. The van der Waals surface area contributed by atoms with Crippen molar-refractivity contribution in [3.8, 4) is 0 Å². The normalized spacial score (nSPS) is 38.9. The zero-order chi connectivity index (χ0) is 11.1. The van der Waals surface area contributed by atoms with Crippen LogP contribution in [0.2, 0.25) is 0 Å². The van der Waals surface area contributed by atoms with Gasteiger partial charge in [-0.2, -0.15) is 0 Å². The van der Waals surface area contributed by atoms with Crippen LogP contribution in [-0.2, 0) is 4.79 Å². The Balaban J connectivity index is 2.15. The maximum absolute atomic E-state index is 12.0. The third-order valence-corrected chi connectivity index (χ3v) is 4.36. The first-order chi connectivity index (χ1) is 7.00. The zero-order valence-corrected chi connectivity index (χ0v) is 10.2. The maximum Gasteiger partial charge on any atom is 0.136 e. The van der Waals surface area contributed by atoms with Crippen molar-refractivity contribution in [3.05, 3.63) is 11.6 Å². The summed E-state index contributed by atoms with van der Waals surface area (Å²) >= 11 is 0. The number of hydrogen-bond acceptors (Lipinski definition) is 1. The first-order valence-corrected chi connectivity index (χ1v) is 6.19. The van der Waals surface area contributed by atoms with Crippen LogP contribution < -0.4 is 0 Å². The molecule has 0 bridgehead atoms. The average Bonchev–Trinajstić information content (AvgIpc) is 2.18. The van der Waals surface area contributed by atoms with Crippen LogP contribution in [0.5, 0.6) is 0 Å². The predicted molar refractivity (Wildman–Crippen MR) is 62.6 cm³/mol. The number of carbonyl (C=O) groups excluding carboxylic acids is 1. The summed E-state index contributed by atoms with van der Waals surface area (Å²) in [5, 5.41) is 0. The molecular weight excluding hydrogens is 184 g/mol. The van der Waals surface area contributed by atoms with Crippen LogP contribution in [0, 0.1) is 17.3 Å². The summed E-state index contributed by atoms with van der Waals surface area (Å²) in [5.41, 5.74) is 1.87. The molecule has 0 amide bonds. The fourth-order valence-electron chi connectivity index (χ4n) is 3.22. The van der Waals surface area contributed by atoms with Crippen molar-refractivity contribution < 1.29 is 4.79 Å². The number of carbonyl (C=O) groups is 1. The van der Waals surface area contributed by atoms with Crippen LogP contribution in [-0.4, -0.2) is 5.78 Å². The Kier molecular flexibility index (Phi) is 2.74. The monoisotopic (exact) mass is 206 g/mol. The van der Waals surface area contributed by atoms with Gasteiger partial charge in [-0.05, 0) is 43.9 Å². The summed E-state index contributed by atoms with van der Waals surface area (Å²) in [6.45, 7) is 6.82. The van der Waals surface area contributed by atoms with Gasteiger partial charge in [0.05, 0.1) is 0 Å². The molecule has 0 radical (unpaired) electrons. The molecule has 84 valence electrons. The second kappa shape index (κ2) is 3.77. The Bertz CT molecular complexity index is 298. The van der Waals surface area contributed by atoms with Crippen molar-refractivity contribution in [1.82, 2.24) is 0 Å². The van der Waals surface area contributed by atoms with E-state index >= 15 is 0 Å². The largest absolute Gasteiger partial charge is 0.299 e. The molecule has 0 aromatic heterocycles. The molecule has 0 aromatic rings. The lowest BCUT2D eigenvalue weighted by Gasteiger charge is -2.50. The van der Waals surface area contributed by atoms with Gasteiger partial charge in [0.2, 0.25) is 0 Å². The van der Waals surface area contributed by atoms with Gasteiger partial charge in [-0.15, -0.1) is 0 Å². The number of allylic oxidation sites excluding steroid dienone is 2. The molecule has 0 aromatic carbocycles. The Labute approximate surface area is 92.9 Å². The molecule has 2 rings (SSSR count). The Hall–Kier alpha value is -0.590. The molecule has 15 heavy (non-hydrogen) atoms. The lowest BCUT2D eigenvalue weighted by molar-refractivity contribution is -0.136. The van der Waals surface area contributed by atoms with E-state index in [1.54, 1.807) is 0 Å². The SMILES string of the molecule is C/C1=C/C[C@@H]2[C@H](CC2(C)C)C(=O)CCC1. The first kappa shape index (κ1) is 10.9. The molecule has 0 heterocycles. The summed E-state index contributed by atoms with van der Waals surface area (Å²) in [6.07, 6.45) is 7.59. The topological polar surface area (TPSA) is 17.1 Å². The Morgan fingerprint density at radius 1 is 1.33 bits per heavy atom. The van der Waals surface area contributed by atoms with Crippen LogP contribution >= 0.6 is 0 Å². The van der Waals surface area contributed by atoms with Crippen molar-refractivity contribution in [1.29, 1.82) is 0 Å². The van der Waals surface area contributed by atoms with Crippen molar-refractivity contribution in [2.24, 2.45) is 17.3 Å². The van der Waals surface area contributed by atoms with Crippen LogP contribution in [0.25, 0.3) is 0 Å². The fourth-order valence-corrected chi connectivity index (χ4v) is 3.22. The van der Waals surface area contributed by atoms with E-state index in [0.717, 1.165) is 32.1 Å². The number of Topliss-reactive ketones (excluding diaryl/α,β-unsaturated/α-hetero) is 1. The number of fused-ring (bicyclic) bond motifs is 1. The summed E-state index contributed by atoms with van der Waals surface area (Å²) in [4.78, 5) is 12.0. The average molecular weight is 206 g/mol. The molecule has 1 heteroatoms. The maximum atomic E-state index is 12.0. The van der Waals surface area contributed by atoms with E-state index in [0.29, 0.717) is 23.0 Å². The van der Waals surface area contributed by atoms with Gasteiger partial charge in [0, 0.05) is 12.3 Å². The fraction of sp³-hybridized carbons (Fsp3) is 0.786. The molecule has 1 nitrogen and oxygen atoms in total. The summed E-state index contributed by atoms with van der Waals surface area (Å²) < 4.78 is 0. The van der Waals surface area contributed by atoms with Crippen LogP contribution in [0.1, 0.15) is 52.9 Å². The molecule has 0 aliphatic heterocycles. The van der Waals surface area contributed by atoms with Gasteiger partial charge in [-0.25, -0.2) is 0 Å². The highest BCUT2D eigenvalue weighted by molar-refractivity contribution is 5.82. The molecule has 1 saturated carbocycles. The van der Waals surface area contributed by atoms with E-state index in [1.807, 2.05) is 0 Å². The third kappa shape index (κ3) is 2.02. The zero-order valence-electron chi connectivity index (χ0n) is 10.2. The van der Waals surface area contributed by atoms with E-state index in [1.165, 1.54) is 5.57 Å². The van der Waals surface area contributed by atoms with Crippen molar-refractivity contribution in [2.75, 3.05) is 0 Å². The Morgan fingerprint density at radius 2 is 2.07 bits per heavy atom. The summed E-state index contributed by atoms with van der Waals surface area (Å²) in [7, 11) is 0. The Morgan fingerprint density at radius 3 is 2.73 bits per heavy atom. The van der Waals surface area contributed by atoms with Crippen LogP contribution in [0.3, 0.4) is 0 Å². The van der Waals surface area contributed by atoms with Gasteiger partial charge in [0.15, 0.2) is 0 Å². The second-order valence-electron chi connectivity index (χ2n) is 6.01. The van der Waals surface area contributed by atoms with Crippen LogP contribution in [0.15, 0.2) is 11.6 Å². The molecule has 0 saturated heterocycles. The molecule has 0 N–H and O–H groups in total. The van der Waals surface area contributed by atoms with Crippen molar-refractivity contribution >= 4 is 5.78 Å². The van der Waals surface area contributed by atoms with Gasteiger partial charge < -0.3 is 0 Å². The van der Waals surface area contributed by atoms with E-state index in [-0.39, 0.29) is 0 Å². The lowest BCUT2D eigenvalue weighted by Crippen LogP contribution is -2.47. The number of ketones is 1. The highest BCUT2D eigenvalue weighted by Crippen LogP contribution is 2.53. The van der Waals surface area contributed by atoms with E-state index in [9.17, 15) is 4.79 Å². The molecule has 2 atom stereocenters. The van der Waals surface area contributed by atoms with Crippen molar-refractivity contribution in [2.45, 2.75) is 52.9 Å². The standard InChI is InChI=1S/C14H22O/c1-10-5-4-6-13(15)11-9-14(2,3)12(11)8-7-10/h7,11-12H,4-6,8-9H2,1-3H3/b10-7-/t11-,12+/m0/s1. The molecular formula is C14H22O. The van der Waals surface area contributed by atoms with Gasteiger partial charge in [-0.1, -0.05) is 25.5 Å². The quantitative estimate of drug-likeness (QED) is 0.552. The molecule has 0 unspecified atom stereocenters. The van der Waals surface area contributed by atoms with Gasteiger partial charge in [0.25, 0.3) is 0 Å². The number of rotatable bonds is 0. The minimum absolute atomic E-state index is 0.377. The summed E-state index contributed by atoms with van der Waals surface area (Å²) in [5.74, 6) is 1.52. The molecule has 2 aliphatic rings. The minimum atomic E-state index is 0.377. The van der Waals surface area contributed by atoms with Gasteiger partial charge >= 0.3 is 0 Å². The van der Waals surface area contributed by atoms with Gasteiger partial charge in [0.1, 0.15) is 5.78 Å². The molecule has 0 spiro atoms. The van der Waals surface area contributed by atoms with E-state index in [2.05, 4.69) is 26.8 Å². The van der Waals surface area contributed by atoms with Gasteiger partial charge in [-0.3, -0.25) is 4.79 Å². The lowest BCUT2D eigenvalue weighted by atomic mass is 9.53. The smallest absolute Gasteiger partial charge is 0.136 e.